The molecule has 2 nitrogen and oxygen atoms in total. The molecule has 1 aromatic carbocycles. The smallest absolute Gasteiger partial charge is 0.227 e. The highest BCUT2D eigenvalue weighted by atomic mass is 19.1. The summed E-state index contributed by atoms with van der Waals surface area (Å²) in [5.41, 5.74) is 0.258. The van der Waals surface area contributed by atoms with Gasteiger partial charge in [-0.05, 0) is 18.1 Å². The molecule has 2 rings (SSSR count). The van der Waals surface area contributed by atoms with E-state index in [0.29, 0.717) is 0 Å². The second-order valence-electron chi connectivity index (χ2n) is 3.65. The molecule has 0 atom stereocenters. The van der Waals surface area contributed by atoms with Crippen LogP contribution in [0.4, 0.5) is 8.78 Å². The van der Waals surface area contributed by atoms with Gasteiger partial charge in [-0.3, -0.25) is 4.79 Å². The van der Waals surface area contributed by atoms with Crippen LogP contribution >= 0.6 is 0 Å². The van der Waals surface area contributed by atoms with E-state index in [9.17, 15) is 13.6 Å². The summed E-state index contributed by atoms with van der Waals surface area (Å²) >= 11 is 0. The summed E-state index contributed by atoms with van der Waals surface area (Å²) in [5.74, 6) is -1.36. The molecular formula is C11H11F2NO. The number of hydrogen-bond donors (Lipinski definition) is 0. The molecule has 0 aromatic heterocycles. The van der Waals surface area contributed by atoms with E-state index in [-0.39, 0.29) is 17.9 Å². The Labute approximate surface area is 86.5 Å². The van der Waals surface area contributed by atoms with Gasteiger partial charge in [-0.2, -0.15) is 0 Å². The summed E-state index contributed by atoms with van der Waals surface area (Å²) in [6, 6.07) is 3.29. The number of amides is 1. The molecule has 0 saturated carbocycles. The Hall–Kier alpha value is -1.45. The fourth-order valence-electron chi connectivity index (χ4n) is 1.51. The summed E-state index contributed by atoms with van der Waals surface area (Å²) in [4.78, 5) is 13.2. The number of carbonyl (C=O) groups excluding carboxylic acids is 1. The predicted molar refractivity (Wildman–Crippen MR) is 51.3 cm³/mol. The van der Waals surface area contributed by atoms with Crippen molar-refractivity contribution in [3.05, 3.63) is 35.4 Å². The highest BCUT2D eigenvalue weighted by molar-refractivity contribution is 5.79. The third-order valence-electron chi connectivity index (χ3n) is 2.57. The van der Waals surface area contributed by atoms with Gasteiger partial charge < -0.3 is 4.90 Å². The second-order valence-corrected chi connectivity index (χ2v) is 3.65. The number of likely N-dealkylation sites (tertiary alicyclic amines) is 1. The van der Waals surface area contributed by atoms with E-state index >= 15 is 0 Å². The number of carbonyl (C=O) groups is 1. The minimum Gasteiger partial charge on any atom is -0.342 e. The van der Waals surface area contributed by atoms with Gasteiger partial charge in [-0.1, -0.05) is 6.07 Å². The second kappa shape index (κ2) is 3.96. The van der Waals surface area contributed by atoms with Crippen molar-refractivity contribution in [1.82, 2.24) is 4.90 Å². The van der Waals surface area contributed by atoms with Gasteiger partial charge in [0.15, 0.2) is 0 Å². The van der Waals surface area contributed by atoms with Crippen LogP contribution in [-0.4, -0.2) is 23.9 Å². The van der Waals surface area contributed by atoms with Crippen molar-refractivity contribution in [1.29, 1.82) is 0 Å². The number of nitrogens with zero attached hydrogens (tertiary/aromatic N) is 1. The first-order valence-corrected chi connectivity index (χ1v) is 4.88. The van der Waals surface area contributed by atoms with Crippen LogP contribution in [0.3, 0.4) is 0 Å². The first kappa shape index (κ1) is 10.1. The fourth-order valence-corrected chi connectivity index (χ4v) is 1.51. The van der Waals surface area contributed by atoms with Crippen molar-refractivity contribution in [2.24, 2.45) is 0 Å². The highest BCUT2D eigenvalue weighted by Gasteiger charge is 2.21. The number of benzene rings is 1. The molecule has 0 unspecified atom stereocenters. The van der Waals surface area contributed by atoms with Crippen LogP contribution in [0.1, 0.15) is 12.0 Å². The van der Waals surface area contributed by atoms with E-state index in [4.69, 9.17) is 0 Å². The molecule has 0 radical (unpaired) electrons. The normalized spacial score (nSPS) is 14.9. The van der Waals surface area contributed by atoms with E-state index in [1.165, 1.54) is 12.1 Å². The molecule has 1 fully saturated rings. The van der Waals surface area contributed by atoms with Gasteiger partial charge in [0, 0.05) is 19.2 Å². The maximum absolute atomic E-state index is 13.2. The lowest BCUT2D eigenvalue weighted by Gasteiger charge is -2.30. The van der Waals surface area contributed by atoms with Gasteiger partial charge in [-0.15, -0.1) is 0 Å². The minimum absolute atomic E-state index is 0.0200. The molecular weight excluding hydrogens is 200 g/mol. The Balaban J connectivity index is 2.06. The number of halogens is 2. The Morgan fingerprint density at radius 3 is 2.60 bits per heavy atom. The zero-order valence-corrected chi connectivity index (χ0v) is 8.17. The van der Waals surface area contributed by atoms with Gasteiger partial charge in [0.05, 0.1) is 6.42 Å². The molecule has 1 saturated heterocycles. The largest absolute Gasteiger partial charge is 0.342 e. The molecule has 0 bridgehead atoms. The molecule has 80 valence electrons. The molecule has 15 heavy (non-hydrogen) atoms. The Bertz CT molecular complexity index is 388. The summed E-state index contributed by atoms with van der Waals surface area (Å²) in [5, 5.41) is 0. The molecule has 4 heteroatoms. The first-order valence-electron chi connectivity index (χ1n) is 4.88. The number of hydrogen-bond acceptors (Lipinski definition) is 1. The van der Waals surface area contributed by atoms with Crippen molar-refractivity contribution in [2.45, 2.75) is 12.8 Å². The van der Waals surface area contributed by atoms with E-state index in [2.05, 4.69) is 0 Å². The molecule has 1 aliphatic rings. The van der Waals surface area contributed by atoms with E-state index < -0.39 is 11.6 Å². The van der Waals surface area contributed by atoms with Crippen LogP contribution in [0.2, 0.25) is 0 Å². The molecule has 1 heterocycles. The van der Waals surface area contributed by atoms with Gasteiger partial charge in [-0.25, -0.2) is 8.78 Å². The zero-order chi connectivity index (χ0) is 10.8. The lowest BCUT2D eigenvalue weighted by atomic mass is 10.1. The Morgan fingerprint density at radius 2 is 2.07 bits per heavy atom. The molecule has 0 N–H and O–H groups in total. The van der Waals surface area contributed by atoms with E-state index in [1.807, 2.05) is 0 Å². The van der Waals surface area contributed by atoms with Crippen molar-refractivity contribution < 1.29 is 13.6 Å². The molecule has 1 aromatic rings. The fraction of sp³-hybridized carbons (Fsp3) is 0.364. The van der Waals surface area contributed by atoms with E-state index in [1.54, 1.807) is 4.90 Å². The minimum atomic E-state index is -0.649. The van der Waals surface area contributed by atoms with Crippen LogP contribution in [0, 0.1) is 11.6 Å². The van der Waals surface area contributed by atoms with Gasteiger partial charge in [0.2, 0.25) is 5.91 Å². The maximum atomic E-state index is 13.2. The summed E-state index contributed by atoms with van der Waals surface area (Å²) in [7, 11) is 0. The summed E-state index contributed by atoms with van der Waals surface area (Å²) in [6.45, 7) is 1.50. The Morgan fingerprint density at radius 1 is 1.33 bits per heavy atom. The van der Waals surface area contributed by atoms with Crippen LogP contribution in [-0.2, 0) is 11.2 Å². The Kier molecular flexibility index (Phi) is 2.66. The number of rotatable bonds is 2. The van der Waals surface area contributed by atoms with Crippen LogP contribution < -0.4 is 0 Å². The third kappa shape index (κ3) is 2.14. The van der Waals surface area contributed by atoms with Crippen LogP contribution in [0.15, 0.2) is 18.2 Å². The SMILES string of the molecule is O=C(Cc1ccc(F)cc1F)N1CCC1. The predicted octanol–water partition coefficient (Wildman–Crippen LogP) is 1.74. The molecule has 0 spiro atoms. The van der Waals surface area contributed by atoms with E-state index in [0.717, 1.165) is 25.6 Å². The lowest BCUT2D eigenvalue weighted by molar-refractivity contribution is -0.133. The van der Waals surface area contributed by atoms with Crippen molar-refractivity contribution >= 4 is 5.91 Å². The van der Waals surface area contributed by atoms with Gasteiger partial charge >= 0.3 is 0 Å². The van der Waals surface area contributed by atoms with Crippen LogP contribution in [0.25, 0.3) is 0 Å². The van der Waals surface area contributed by atoms with Crippen molar-refractivity contribution in [2.75, 3.05) is 13.1 Å². The van der Waals surface area contributed by atoms with Crippen molar-refractivity contribution in [3.8, 4) is 0 Å². The monoisotopic (exact) mass is 211 g/mol. The van der Waals surface area contributed by atoms with Crippen molar-refractivity contribution in [3.63, 3.8) is 0 Å². The topological polar surface area (TPSA) is 20.3 Å². The van der Waals surface area contributed by atoms with Crippen LogP contribution in [0.5, 0.6) is 0 Å². The third-order valence-corrected chi connectivity index (χ3v) is 2.57. The molecule has 1 aliphatic heterocycles. The highest BCUT2D eigenvalue weighted by Crippen LogP contribution is 2.13. The first-order chi connectivity index (χ1) is 7.16. The molecule has 1 amide bonds. The average molecular weight is 211 g/mol. The standard InChI is InChI=1S/C11H11F2NO/c12-9-3-2-8(10(13)7-9)6-11(15)14-4-1-5-14/h2-3,7H,1,4-6H2. The molecule has 0 aliphatic carbocycles. The quantitative estimate of drug-likeness (QED) is 0.729. The van der Waals surface area contributed by atoms with Gasteiger partial charge in [0.25, 0.3) is 0 Å². The zero-order valence-electron chi connectivity index (χ0n) is 8.17. The lowest BCUT2D eigenvalue weighted by Crippen LogP contribution is -2.42. The average Bonchev–Trinajstić information content (AvgIpc) is 2.07. The van der Waals surface area contributed by atoms with Gasteiger partial charge in [0.1, 0.15) is 11.6 Å². The summed E-state index contributed by atoms with van der Waals surface area (Å²) < 4.78 is 25.8. The maximum Gasteiger partial charge on any atom is 0.227 e. The summed E-state index contributed by atoms with van der Waals surface area (Å²) in [6.07, 6.45) is 1.03.